The zero-order chi connectivity index (χ0) is 20.2. The molecule has 2 aliphatic rings. The topological polar surface area (TPSA) is 0 Å². The van der Waals surface area contributed by atoms with Gasteiger partial charge in [-0.1, -0.05) is 112 Å². The Hall–Kier alpha value is -1.65. The first kappa shape index (κ1) is 19.7. The number of benzene rings is 2. The fraction of sp³-hybridized carbons (Fsp3) is 0.385. The van der Waals surface area contributed by atoms with E-state index < -0.39 is 16.1 Å². The Morgan fingerprint density at radius 1 is 0.679 bits per heavy atom. The minimum absolute atomic E-state index is 0.398. The van der Waals surface area contributed by atoms with Crippen LogP contribution in [0.15, 0.2) is 60.7 Å². The highest BCUT2D eigenvalue weighted by molar-refractivity contribution is 6.99. The van der Waals surface area contributed by atoms with Crippen molar-refractivity contribution in [3.05, 3.63) is 82.9 Å². The van der Waals surface area contributed by atoms with Gasteiger partial charge in [0.1, 0.15) is 0 Å². The summed E-state index contributed by atoms with van der Waals surface area (Å²) in [5.74, 6) is 1.11. The van der Waals surface area contributed by atoms with Crippen molar-refractivity contribution in [2.45, 2.75) is 62.2 Å². The van der Waals surface area contributed by atoms with Gasteiger partial charge in [0.2, 0.25) is 0 Å². The minimum atomic E-state index is -1.52. The summed E-state index contributed by atoms with van der Waals surface area (Å²) < 4.78 is 0.398. The van der Waals surface area contributed by atoms with Crippen LogP contribution in [0, 0.1) is 0 Å². The molecule has 0 amide bonds. The number of allylic oxidation sites excluding steroid dienone is 2. The van der Waals surface area contributed by atoms with Crippen LogP contribution >= 0.6 is 0 Å². The van der Waals surface area contributed by atoms with E-state index in [-0.39, 0.29) is 0 Å². The molecule has 0 spiro atoms. The van der Waals surface area contributed by atoms with Crippen LogP contribution in [-0.2, 0) is 0 Å². The molecule has 0 nitrogen and oxygen atoms in total. The van der Waals surface area contributed by atoms with Gasteiger partial charge in [0.15, 0.2) is 0 Å². The summed E-state index contributed by atoms with van der Waals surface area (Å²) >= 11 is 0. The van der Waals surface area contributed by atoms with E-state index in [1.54, 1.807) is 11.1 Å². The van der Waals surface area contributed by atoms with Crippen LogP contribution in [0.5, 0.6) is 0 Å². The normalized spacial score (nSPS) is 21.1. The molecular formula is C26H34Si2. The smallest absolute Gasteiger partial charge is 0.0489 e. The van der Waals surface area contributed by atoms with Gasteiger partial charge in [0, 0.05) is 28.0 Å². The van der Waals surface area contributed by atoms with Gasteiger partial charge in [-0.05, 0) is 33.3 Å². The second-order valence-electron chi connectivity index (χ2n) is 10.7. The van der Waals surface area contributed by atoms with Crippen molar-refractivity contribution >= 4 is 28.3 Å². The van der Waals surface area contributed by atoms with E-state index in [0.717, 1.165) is 0 Å². The Bertz CT molecular complexity index is 923. The molecule has 2 aromatic carbocycles. The molecule has 4 rings (SSSR count). The van der Waals surface area contributed by atoms with E-state index in [0.29, 0.717) is 16.5 Å². The van der Waals surface area contributed by atoms with Crippen LogP contribution in [0.4, 0.5) is 0 Å². The van der Waals surface area contributed by atoms with E-state index >= 15 is 0 Å². The van der Waals surface area contributed by atoms with E-state index in [4.69, 9.17) is 0 Å². The molecule has 0 saturated carbocycles. The summed E-state index contributed by atoms with van der Waals surface area (Å²) in [5, 5.41) is 0. The maximum Gasteiger partial charge on any atom is 0.0489 e. The minimum Gasteiger partial charge on any atom is -0.0764 e. The fourth-order valence-electron chi connectivity index (χ4n) is 6.33. The third-order valence-electron chi connectivity index (χ3n) is 7.45. The third kappa shape index (κ3) is 2.93. The summed E-state index contributed by atoms with van der Waals surface area (Å²) in [6.45, 7) is 15.8. The van der Waals surface area contributed by atoms with Crippen molar-refractivity contribution in [1.82, 2.24) is 0 Å². The highest BCUT2D eigenvalue weighted by atomic mass is 28.4. The largest absolute Gasteiger partial charge is 0.0764 e. The Balaban J connectivity index is 1.87. The number of rotatable bonds is 5. The molecular weight excluding hydrogens is 368 g/mol. The van der Waals surface area contributed by atoms with Gasteiger partial charge in [-0.2, -0.15) is 0 Å². The summed E-state index contributed by atoms with van der Waals surface area (Å²) in [4.78, 5) is 0. The molecule has 2 heteroatoms. The summed E-state index contributed by atoms with van der Waals surface area (Å²) in [5.41, 5.74) is 5.98. The molecule has 28 heavy (non-hydrogen) atoms. The number of fused-ring (bicyclic) bond motifs is 2. The van der Waals surface area contributed by atoms with Crippen molar-refractivity contribution in [2.75, 3.05) is 0 Å². The molecule has 2 aliphatic carbocycles. The van der Waals surface area contributed by atoms with Crippen LogP contribution < -0.4 is 0 Å². The lowest BCUT2D eigenvalue weighted by Crippen LogP contribution is -2.57. The van der Waals surface area contributed by atoms with Crippen LogP contribution in [0.3, 0.4) is 0 Å². The van der Waals surface area contributed by atoms with Gasteiger partial charge in [-0.3, -0.25) is 0 Å². The lowest BCUT2D eigenvalue weighted by atomic mass is 9.87. The van der Waals surface area contributed by atoms with E-state index in [1.165, 1.54) is 17.5 Å². The Morgan fingerprint density at radius 2 is 1.18 bits per heavy atom. The molecule has 0 aliphatic heterocycles. The molecule has 0 aromatic heterocycles. The molecule has 0 saturated heterocycles. The standard InChI is InChI=1S/C26H34Si2/c1-27(2,3)26(28(4,5)6,25-18-17-21-12-8-10-14-24(21)25)19-22-16-15-20-11-7-9-13-23(20)22/h7-18,22,25H,19H2,1-6H3. The van der Waals surface area contributed by atoms with Gasteiger partial charge < -0.3 is 0 Å². The van der Waals surface area contributed by atoms with Crippen LogP contribution in [0.25, 0.3) is 12.2 Å². The molecule has 2 aromatic rings. The van der Waals surface area contributed by atoms with Crippen molar-refractivity contribution in [1.29, 1.82) is 0 Å². The second kappa shape index (κ2) is 6.71. The molecule has 0 radical (unpaired) electrons. The first-order valence-electron chi connectivity index (χ1n) is 10.7. The maximum atomic E-state index is 2.63. The molecule has 0 bridgehead atoms. The van der Waals surface area contributed by atoms with Gasteiger partial charge in [-0.25, -0.2) is 0 Å². The van der Waals surface area contributed by atoms with Gasteiger partial charge in [-0.15, -0.1) is 0 Å². The quantitative estimate of drug-likeness (QED) is 0.445. The summed E-state index contributed by atoms with van der Waals surface area (Å²) in [6, 6.07) is 18.2. The zero-order valence-electron chi connectivity index (χ0n) is 18.3. The average molecular weight is 403 g/mol. The monoisotopic (exact) mass is 402 g/mol. The SMILES string of the molecule is C[Si](C)(C)C(CC1C=Cc2ccccc21)(C1C=Cc2ccccc21)[Si](C)(C)C. The molecule has 0 N–H and O–H groups in total. The molecule has 0 fully saturated rings. The lowest BCUT2D eigenvalue weighted by Gasteiger charge is -2.57. The molecule has 2 unspecified atom stereocenters. The Labute approximate surface area is 173 Å². The number of hydrogen-bond acceptors (Lipinski definition) is 0. The van der Waals surface area contributed by atoms with Crippen molar-refractivity contribution in [3.8, 4) is 0 Å². The Morgan fingerprint density at radius 3 is 1.79 bits per heavy atom. The van der Waals surface area contributed by atoms with E-state index in [2.05, 4.69) is 112 Å². The first-order chi connectivity index (χ1) is 13.1. The second-order valence-corrected chi connectivity index (χ2v) is 22.0. The van der Waals surface area contributed by atoms with Crippen molar-refractivity contribution < 1.29 is 0 Å². The fourth-order valence-corrected chi connectivity index (χ4v) is 19.4. The van der Waals surface area contributed by atoms with Gasteiger partial charge in [0.25, 0.3) is 0 Å². The average Bonchev–Trinajstić information content (AvgIpc) is 3.22. The number of hydrogen-bond donors (Lipinski definition) is 0. The maximum absolute atomic E-state index is 2.63. The van der Waals surface area contributed by atoms with E-state index in [1.807, 2.05) is 0 Å². The molecule has 0 heterocycles. The lowest BCUT2D eigenvalue weighted by molar-refractivity contribution is 0.547. The predicted octanol–water partition coefficient (Wildman–Crippen LogP) is 7.95. The van der Waals surface area contributed by atoms with Crippen LogP contribution in [0.2, 0.25) is 43.9 Å². The summed E-state index contributed by atoms with van der Waals surface area (Å²) in [7, 11) is -3.04. The van der Waals surface area contributed by atoms with Crippen LogP contribution in [-0.4, -0.2) is 16.1 Å². The van der Waals surface area contributed by atoms with Gasteiger partial charge >= 0.3 is 0 Å². The summed E-state index contributed by atoms with van der Waals surface area (Å²) in [6.07, 6.45) is 11.1. The highest BCUT2D eigenvalue weighted by Crippen LogP contribution is 2.64. The van der Waals surface area contributed by atoms with E-state index in [9.17, 15) is 0 Å². The predicted molar refractivity (Wildman–Crippen MR) is 130 cm³/mol. The Kier molecular flexibility index (Phi) is 4.71. The van der Waals surface area contributed by atoms with Crippen LogP contribution in [0.1, 0.15) is 40.5 Å². The van der Waals surface area contributed by atoms with Gasteiger partial charge in [0.05, 0.1) is 0 Å². The molecule has 2 atom stereocenters. The van der Waals surface area contributed by atoms with Crippen molar-refractivity contribution in [2.24, 2.45) is 0 Å². The zero-order valence-corrected chi connectivity index (χ0v) is 20.3. The molecule has 146 valence electrons. The van der Waals surface area contributed by atoms with Crippen molar-refractivity contribution in [3.63, 3.8) is 0 Å². The first-order valence-corrected chi connectivity index (χ1v) is 17.7. The highest BCUT2D eigenvalue weighted by Gasteiger charge is 2.58. The third-order valence-corrected chi connectivity index (χ3v) is 18.3.